The van der Waals surface area contributed by atoms with Gasteiger partial charge in [-0.15, -0.1) is 22.7 Å². The Balaban J connectivity index is 1.33. The summed E-state index contributed by atoms with van der Waals surface area (Å²) in [7, 11) is 0. The quantitative estimate of drug-likeness (QED) is 0.278. The minimum absolute atomic E-state index is 0.219. The van der Waals surface area contributed by atoms with Crippen LogP contribution in [0.25, 0.3) is 10.2 Å². The first kappa shape index (κ1) is 21.3. The van der Waals surface area contributed by atoms with Crippen LogP contribution in [0, 0.1) is 17.7 Å². The predicted octanol–water partition coefficient (Wildman–Crippen LogP) is 6.66. The second-order valence-electron chi connectivity index (χ2n) is 6.86. The normalized spacial score (nSPS) is 10.6. The lowest BCUT2D eigenvalue weighted by molar-refractivity contribution is 0.306. The largest absolute Gasteiger partial charge is 0.487 e. The number of halogens is 2. The fourth-order valence-electron chi connectivity index (χ4n) is 3.03. The molecule has 0 radical (unpaired) electrons. The van der Waals surface area contributed by atoms with E-state index in [1.807, 2.05) is 17.5 Å². The van der Waals surface area contributed by atoms with Crippen molar-refractivity contribution in [2.75, 3.05) is 5.32 Å². The molecule has 0 atom stereocenters. The fourth-order valence-corrected chi connectivity index (χ4v) is 4.65. The second-order valence-corrected chi connectivity index (χ2v) is 9.04. The maximum atomic E-state index is 13.3. The standard InChI is InChI=1S/C24H14ClFN4OS2/c25-20-9-17(5-7-22(20)31-11-15-2-1-3-16(26)8-15)30-24-23-21(27-13-28-24)10-19(33-23)6-4-18-12-32-14-29-18/h1-3,5,7-10,12-14H,11H2,(H,27,28,30). The van der Waals surface area contributed by atoms with Crippen molar-refractivity contribution in [3.05, 3.63) is 92.7 Å². The molecule has 0 bridgehead atoms. The van der Waals surface area contributed by atoms with Gasteiger partial charge in [0, 0.05) is 11.1 Å². The molecule has 33 heavy (non-hydrogen) atoms. The number of hydrogen-bond acceptors (Lipinski definition) is 7. The Bertz CT molecular complexity index is 1490. The lowest BCUT2D eigenvalue weighted by atomic mass is 10.2. The summed E-state index contributed by atoms with van der Waals surface area (Å²) >= 11 is 9.43. The van der Waals surface area contributed by atoms with Gasteiger partial charge in [0.1, 0.15) is 30.2 Å². The third-order valence-electron chi connectivity index (χ3n) is 4.54. The van der Waals surface area contributed by atoms with E-state index in [0.29, 0.717) is 16.6 Å². The molecule has 0 fully saturated rings. The summed E-state index contributed by atoms with van der Waals surface area (Å²) in [4.78, 5) is 13.8. The molecule has 0 unspecified atom stereocenters. The third kappa shape index (κ3) is 5.12. The van der Waals surface area contributed by atoms with Gasteiger partial charge in [-0.1, -0.05) is 23.7 Å². The molecule has 0 saturated carbocycles. The van der Waals surface area contributed by atoms with Crippen molar-refractivity contribution in [2.45, 2.75) is 6.61 Å². The van der Waals surface area contributed by atoms with Crippen LogP contribution < -0.4 is 10.1 Å². The molecule has 0 spiro atoms. The molecular formula is C24H14ClFN4OS2. The number of nitrogens with zero attached hydrogens (tertiary/aromatic N) is 3. The van der Waals surface area contributed by atoms with Crippen LogP contribution in [0.2, 0.25) is 5.02 Å². The van der Waals surface area contributed by atoms with Crippen LogP contribution in [-0.2, 0) is 6.61 Å². The number of thiazole rings is 1. The van der Waals surface area contributed by atoms with Gasteiger partial charge in [-0.2, -0.15) is 0 Å². The van der Waals surface area contributed by atoms with Crippen LogP contribution in [0.1, 0.15) is 16.1 Å². The SMILES string of the molecule is Fc1cccc(COc2ccc(Nc3ncnc4cc(C#Cc5cscn5)sc34)cc2Cl)c1. The van der Waals surface area contributed by atoms with Crippen molar-refractivity contribution in [3.8, 4) is 17.6 Å². The first-order valence-corrected chi connectivity index (χ1v) is 11.9. The molecule has 1 N–H and O–H groups in total. The van der Waals surface area contributed by atoms with Gasteiger partial charge < -0.3 is 10.1 Å². The van der Waals surface area contributed by atoms with Gasteiger partial charge in [0.2, 0.25) is 0 Å². The fraction of sp³-hybridized carbons (Fsp3) is 0.0417. The number of hydrogen-bond donors (Lipinski definition) is 1. The Kier molecular flexibility index (Phi) is 6.17. The summed E-state index contributed by atoms with van der Waals surface area (Å²) in [5.41, 5.74) is 4.79. The van der Waals surface area contributed by atoms with E-state index in [1.54, 1.807) is 29.8 Å². The lowest BCUT2D eigenvalue weighted by Crippen LogP contribution is -1.98. The van der Waals surface area contributed by atoms with Crippen molar-refractivity contribution < 1.29 is 9.13 Å². The van der Waals surface area contributed by atoms with Crippen LogP contribution >= 0.6 is 34.3 Å². The number of aromatic nitrogens is 3. The van der Waals surface area contributed by atoms with Crippen LogP contribution in [0.3, 0.4) is 0 Å². The van der Waals surface area contributed by atoms with Crippen molar-refractivity contribution in [2.24, 2.45) is 0 Å². The molecule has 2 aromatic carbocycles. The average Bonchev–Trinajstić information content (AvgIpc) is 3.47. The number of fused-ring (bicyclic) bond motifs is 1. The van der Waals surface area contributed by atoms with E-state index in [0.717, 1.165) is 32.0 Å². The monoisotopic (exact) mass is 492 g/mol. The number of thiophene rings is 1. The van der Waals surface area contributed by atoms with E-state index in [1.165, 1.54) is 41.1 Å². The second kappa shape index (κ2) is 9.55. The zero-order valence-electron chi connectivity index (χ0n) is 16.9. The third-order valence-corrected chi connectivity index (χ3v) is 6.46. The number of benzene rings is 2. The molecule has 0 aliphatic rings. The highest BCUT2D eigenvalue weighted by atomic mass is 35.5. The van der Waals surface area contributed by atoms with Crippen LogP contribution in [0.4, 0.5) is 15.9 Å². The molecule has 0 amide bonds. The van der Waals surface area contributed by atoms with Gasteiger partial charge in [-0.3, -0.25) is 0 Å². The van der Waals surface area contributed by atoms with Crippen LogP contribution in [-0.4, -0.2) is 15.0 Å². The van der Waals surface area contributed by atoms with Crippen LogP contribution in [0.5, 0.6) is 5.75 Å². The molecule has 0 saturated heterocycles. The lowest BCUT2D eigenvalue weighted by Gasteiger charge is -2.11. The van der Waals surface area contributed by atoms with Gasteiger partial charge in [-0.05, 0) is 53.8 Å². The molecule has 0 aliphatic heterocycles. The summed E-state index contributed by atoms with van der Waals surface area (Å²) in [5, 5.41) is 5.63. The average molecular weight is 493 g/mol. The van der Waals surface area contributed by atoms with Gasteiger partial charge >= 0.3 is 0 Å². The summed E-state index contributed by atoms with van der Waals surface area (Å²) in [6.45, 7) is 0.219. The highest BCUT2D eigenvalue weighted by Gasteiger charge is 2.10. The maximum Gasteiger partial charge on any atom is 0.151 e. The number of anilines is 2. The molecule has 3 aromatic heterocycles. The molecule has 5 rings (SSSR count). The highest BCUT2D eigenvalue weighted by molar-refractivity contribution is 7.20. The Labute approximate surface area is 201 Å². The van der Waals surface area contributed by atoms with E-state index >= 15 is 0 Å². The van der Waals surface area contributed by atoms with Crippen molar-refractivity contribution >= 4 is 56.0 Å². The van der Waals surface area contributed by atoms with E-state index < -0.39 is 0 Å². The molecule has 162 valence electrons. The summed E-state index contributed by atoms with van der Waals surface area (Å²) in [6, 6.07) is 13.6. The Morgan fingerprint density at radius 3 is 2.82 bits per heavy atom. The Morgan fingerprint density at radius 1 is 1.06 bits per heavy atom. The first-order valence-electron chi connectivity index (χ1n) is 9.72. The minimum Gasteiger partial charge on any atom is -0.487 e. The Morgan fingerprint density at radius 2 is 2.00 bits per heavy atom. The molecule has 3 heterocycles. The van der Waals surface area contributed by atoms with E-state index in [2.05, 4.69) is 32.1 Å². The van der Waals surface area contributed by atoms with Gasteiger partial charge in [-0.25, -0.2) is 19.3 Å². The van der Waals surface area contributed by atoms with Crippen molar-refractivity contribution in [1.29, 1.82) is 0 Å². The van der Waals surface area contributed by atoms with Crippen LogP contribution in [0.15, 0.2) is 65.7 Å². The Hall–Kier alpha value is -3.51. The molecular weight excluding hydrogens is 479 g/mol. The maximum absolute atomic E-state index is 13.3. The van der Waals surface area contributed by atoms with E-state index in [4.69, 9.17) is 16.3 Å². The van der Waals surface area contributed by atoms with Crippen molar-refractivity contribution in [1.82, 2.24) is 15.0 Å². The smallest absolute Gasteiger partial charge is 0.151 e. The number of nitrogens with one attached hydrogen (secondary N) is 1. The predicted molar refractivity (Wildman–Crippen MR) is 131 cm³/mol. The topological polar surface area (TPSA) is 59.9 Å². The molecule has 9 heteroatoms. The molecule has 0 aliphatic carbocycles. The summed E-state index contributed by atoms with van der Waals surface area (Å²) in [5.74, 6) is 7.05. The van der Waals surface area contributed by atoms with Gasteiger partial charge in [0.05, 0.1) is 25.6 Å². The molecule has 5 aromatic rings. The van der Waals surface area contributed by atoms with E-state index in [-0.39, 0.29) is 12.4 Å². The van der Waals surface area contributed by atoms with E-state index in [9.17, 15) is 4.39 Å². The summed E-state index contributed by atoms with van der Waals surface area (Å²) in [6.07, 6.45) is 1.51. The summed E-state index contributed by atoms with van der Waals surface area (Å²) < 4.78 is 20.0. The van der Waals surface area contributed by atoms with Gasteiger partial charge in [0.15, 0.2) is 5.82 Å². The zero-order chi connectivity index (χ0) is 22.6. The highest BCUT2D eigenvalue weighted by Crippen LogP contribution is 2.33. The zero-order valence-corrected chi connectivity index (χ0v) is 19.3. The first-order chi connectivity index (χ1) is 16.1. The molecule has 5 nitrogen and oxygen atoms in total. The van der Waals surface area contributed by atoms with Crippen molar-refractivity contribution in [3.63, 3.8) is 0 Å². The minimum atomic E-state index is -0.302. The van der Waals surface area contributed by atoms with Gasteiger partial charge in [0.25, 0.3) is 0 Å². The number of rotatable bonds is 5. The number of ether oxygens (including phenoxy) is 1.